The highest BCUT2D eigenvalue weighted by Gasteiger charge is 2.35. The van der Waals surface area contributed by atoms with Crippen molar-refractivity contribution in [2.45, 2.75) is 19.8 Å². The molecule has 0 unspecified atom stereocenters. The van der Waals surface area contributed by atoms with Gasteiger partial charge >= 0.3 is 6.02 Å². The molecule has 1 fully saturated rings. The van der Waals surface area contributed by atoms with E-state index in [-0.39, 0.29) is 17.7 Å². The molecule has 1 aliphatic heterocycles. The number of benzene rings is 5. The molecule has 5 aromatic rings. The number of hydrogen-bond donors (Lipinski definition) is 0. The number of aliphatic imine (C=N–C) groups is 1. The molecule has 0 aromatic heterocycles. The van der Waals surface area contributed by atoms with Crippen LogP contribution in [0.5, 0.6) is 5.75 Å². The first-order chi connectivity index (χ1) is 22.1. The number of para-hydroxylation sites is 3. The lowest BCUT2D eigenvalue weighted by atomic mass is 10.1. The topological polar surface area (TPSA) is 54.4 Å². The van der Waals surface area contributed by atoms with E-state index in [0.717, 1.165) is 51.6 Å². The molecule has 1 aliphatic rings. The number of hydrogen-bond acceptors (Lipinski definition) is 5. The summed E-state index contributed by atoms with van der Waals surface area (Å²) in [5.41, 5.74) is 6.96. The Morgan fingerprint density at radius 1 is 0.756 bits per heavy atom. The lowest BCUT2D eigenvalue weighted by Crippen LogP contribution is -2.31. The minimum atomic E-state index is -0.212. The van der Waals surface area contributed by atoms with Crippen molar-refractivity contribution in [1.29, 1.82) is 0 Å². The van der Waals surface area contributed by atoms with E-state index in [1.165, 1.54) is 0 Å². The van der Waals surface area contributed by atoms with E-state index < -0.39 is 0 Å². The highest BCUT2D eigenvalue weighted by molar-refractivity contribution is 6.11. The van der Waals surface area contributed by atoms with Gasteiger partial charge in [0.2, 0.25) is 0 Å². The number of carbonyl (C=O) groups is 1. The number of aryl methyl sites for hydroxylation is 1. The monoisotopic (exact) mass is 593 g/mol. The Morgan fingerprint density at radius 3 is 1.98 bits per heavy atom. The molecule has 45 heavy (non-hydrogen) atoms. The minimum Gasteiger partial charge on any atom is -0.497 e. The van der Waals surface area contributed by atoms with Gasteiger partial charge in [0.15, 0.2) is 5.76 Å². The zero-order valence-electron chi connectivity index (χ0n) is 25.5. The summed E-state index contributed by atoms with van der Waals surface area (Å²) >= 11 is 0. The van der Waals surface area contributed by atoms with Crippen LogP contribution in [-0.2, 0) is 22.4 Å². The molecular weight excluding hydrogens is 558 g/mol. The number of ether oxygens (including phenoxy) is 2. The maximum absolute atomic E-state index is 13.8. The molecule has 0 N–H and O–H groups in total. The summed E-state index contributed by atoms with van der Waals surface area (Å²) in [6, 6.07) is 44.7. The van der Waals surface area contributed by atoms with Crippen molar-refractivity contribution in [3.63, 3.8) is 0 Å². The fourth-order valence-electron chi connectivity index (χ4n) is 5.32. The first-order valence-electron chi connectivity index (χ1n) is 15.1. The smallest absolute Gasteiger partial charge is 0.305 e. The lowest BCUT2D eigenvalue weighted by molar-refractivity contribution is -0.122. The van der Waals surface area contributed by atoms with Crippen LogP contribution in [0.25, 0.3) is 6.08 Å². The normalized spacial score (nSPS) is 14.5. The number of anilines is 3. The summed E-state index contributed by atoms with van der Waals surface area (Å²) in [4.78, 5) is 22.4. The molecule has 5 aromatic carbocycles. The highest BCUT2D eigenvalue weighted by Crippen LogP contribution is 2.34. The van der Waals surface area contributed by atoms with E-state index in [1.807, 2.05) is 97.1 Å². The zero-order valence-corrected chi connectivity index (χ0v) is 25.5. The van der Waals surface area contributed by atoms with E-state index in [2.05, 4.69) is 48.2 Å². The Balaban J connectivity index is 1.29. The van der Waals surface area contributed by atoms with Gasteiger partial charge in [0, 0.05) is 23.6 Å². The predicted octanol–water partition coefficient (Wildman–Crippen LogP) is 8.86. The SMILES string of the molecule is CCc1ccccc1/N=C1\O/C(=C/c2ccc(N(c3ccccc3)c3ccccc3)cc2)C(=O)N1CCc1ccc(OC)cc1. The summed E-state index contributed by atoms with van der Waals surface area (Å²) in [5.74, 6) is 0.827. The van der Waals surface area contributed by atoms with Crippen molar-refractivity contribution >= 4 is 40.8 Å². The largest absolute Gasteiger partial charge is 0.497 e. The number of methoxy groups -OCH3 is 1. The number of carbonyl (C=O) groups excluding carboxylic acids is 1. The summed E-state index contributed by atoms with van der Waals surface area (Å²) in [7, 11) is 1.65. The van der Waals surface area contributed by atoms with Crippen LogP contribution in [-0.4, -0.2) is 30.5 Å². The van der Waals surface area contributed by atoms with Crippen molar-refractivity contribution in [2.75, 3.05) is 18.6 Å². The summed E-state index contributed by atoms with van der Waals surface area (Å²) in [5, 5.41) is 0. The van der Waals surface area contributed by atoms with Crippen LogP contribution in [0, 0.1) is 0 Å². The highest BCUT2D eigenvalue weighted by atomic mass is 16.5. The molecule has 6 heteroatoms. The molecule has 1 amide bonds. The van der Waals surface area contributed by atoms with Gasteiger partial charge in [-0.15, -0.1) is 0 Å². The van der Waals surface area contributed by atoms with Crippen molar-refractivity contribution in [1.82, 2.24) is 4.90 Å². The minimum absolute atomic E-state index is 0.212. The fraction of sp³-hybridized carbons (Fsp3) is 0.128. The molecule has 1 heterocycles. The van der Waals surface area contributed by atoms with Crippen LogP contribution < -0.4 is 9.64 Å². The Hall–Kier alpha value is -5.62. The van der Waals surface area contributed by atoms with Crippen molar-refractivity contribution in [3.8, 4) is 5.75 Å². The molecule has 0 radical (unpaired) electrons. The molecule has 224 valence electrons. The van der Waals surface area contributed by atoms with Crippen LogP contribution in [0.3, 0.4) is 0 Å². The Labute approximate surface area is 264 Å². The number of nitrogens with zero attached hydrogens (tertiary/aromatic N) is 3. The fourth-order valence-corrected chi connectivity index (χ4v) is 5.32. The van der Waals surface area contributed by atoms with Gasteiger partial charge in [0.05, 0.1) is 12.8 Å². The second-order valence-electron chi connectivity index (χ2n) is 10.6. The first-order valence-corrected chi connectivity index (χ1v) is 15.1. The molecule has 6 rings (SSSR count). The van der Waals surface area contributed by atoms with Crippen LogP contribution in [0.1, 0.15) is 23.6 Å². The summed E-state index contributed by atoms with van der Waals surface area (Å²) in [6.45, 7) is 2.52. The maximum Gasteiger partial charge on any atom is 0.305 e. The van der Waals surface area contributed by atoms with Gasteiger partial charge in [-0.1, -0.05) is 85.8 Å². The summed E-state index contributed by atoms with van der Waals surface area (Å²) < 4.78 is 11.5. The third-order valence-corrected chi connectivity index (χ3v) is 7.74. The zero-order chi connectivity index (χ0) is 31.0. The third-order valence-electron chi connectivity index (χ3n) is 7.74. The van der Waals surface area contributed by atoms with Crippen molar-refractivity contribution < 1.29 is 14.3 Å². The van der Waals surface area contributed by atoms with Gasteiger partial charge < -0.3 is 14.4 Å². The quantitative estimate of drug-likeness (QED) is 0.152. The maximum atomic E-state index is 13.8. The van der Waals surface area contributed by atoms with Gasteiger partial charge in [-0.05, 0) is 90.2 Å². The van der Waals surface area contributed by atoms with Gasteiger partial charge in [-0.2, -0.15) is 4.99 Å². The average Bonchev–Trinajstić information content (AvgIpc) is 3.38. The van der Waals surface area contributed by atoms with Gasteiger partial charge in [-0.3, -0.25) is 9.69 Å². The Bertz CT molecular complexity index is 1760. The molecule has 1 saturated heterocycles. The number of rotatable bonds is 10. The molecule has 0 aliphatic carbocycles. The van der Waals surface area contributed by atoms with Crippen LogP contribution in [0.4, 0.5) is 22.7 Å². The number of amides is 1. The molecule has 0 spiro atoms. The molecule has 0 saturated carbocycles. The van der Waals surface area contributed by atoms with Crippen LogP contribution in [0.2, 0.25) is 0 Å². The van der Waals surface area contributed by atoms with Gasteiger partial charge in [0.25, 0.3) is 5.91 Å². The van der Waals surface area contributed by atoms with Crippen LogP contribution in [0.15, 0.2) is 144 Å². The van der Waals surface area contributed by atoms with Gasteiger partial charge in [0.1, 0.15) is 5.75 Å². The van der Waals surface area contributed by atoms with E-state index in [0.29, 0.717) is 13.0 Å². The third kappa shape index (κ3) is 6.81. The Kier molecular flexibility index (Phi) is 9.02. The van der Waals surface area contributed by atoms with Crippen molar-refractivity contribution in [3.05, 3.63) is 156 Å². The summed E-state index contributed by atoms with van der Waals surface area (Å²) in [6.07, 6.45) is 3.26. The molecular formula is C39H35N3O3. The van der Waals surface area contributed by atoms with Crippen LogP contribution >= 0.6 is 0 Å². The second-order valence-corrected chi connectivity index (χ2v) is 10.6. The van der Waals surface area contributed by atoms with Gasteiger partial charge in [-0.25, -0.2) is 0 Å². The molecule has 0 bridgehead atoms. The molecule has 6 nitrogen and oxygen atoms in total. The lowest BCUT2D eigenvalue weighted by Gasteiger charge is -2.25. The van der Waals surface area contributed by atoms with E-state index >= 15 is 0 Å². The number of amidine groups is 1. The predicted molar refractivity (Wildman–Crippen MR) is 182 cm³/mol. The standard InChI is InChI=1S/C39H35N3O3/c1-3-31-12-10-11-17-36(31)40-39-41(27-26-29-20-24-35(44-2)25-21-29)38(43)37(45-39)28-30-18-22-34(23-19-30)42(32-13-6-4-7-14-32)33-15-8-5-9-16-33/h4-25,28H,3,26-27H2,1-2H3/b37-28+,40-39-. The van der Waals surface area contributed by atoms with E-state index in [4.69, 9.17) is 14.5 Å². The molecule has 0 atom stereocenters. The second kappa shape index (κ2) is 13.8. The van der Waals surface area contributed by atoms with E-state index in [9.17, 15) is 4.79 Å². The van der Waals surface area contributed by atoms with Crippen molar-refractivity contribution in [2.24, 2.45) is 4.99 Å². The Morgan fingerprint density at radius 2 is 1.36 bits per heavy atom. The first kappa shape index (κ1) is 29.5. The van der Waals surface area contributed by atoms with E-state index in [1.54, 1.807) is 18.1 Å². The average molecular weight is 594 g/mol.